The number of hydrogen-bond donors (Lipinski definition) is 14. The lowest BCUT2D eigenvalue weighted by molar-refractivity contribution is -0.402. The Morgan fingerprint density at radius 2 is 0.852 bits per heavy atom. The summed E-state index contributed by atoms with van der Waals surface area (Å²) in [7, 11) is 0. The molecule has 4 aliphatic rings. The number of carbonyl (C=O) groups is 1. The second-order valence-electron chi connectivity index (χ2n) is 25.2. The predicted octanol–water partition coefficient (Wildman–Crippen LogP) is 4.62. The number of amides is 1. The summed E-state index contributed by atoms with van der Waals surface area (Å²) in [5.41, 5.74) is 0. The molecule has 23 heteroatoms. The molecule has 4 fully saturated rings. The number of carbonyl (C=O) groups excluding carboxylic acids is 1. The van der Waals surface area contributed by atoms with E-state index in [1.54, 1.807) is 6.08 Å². The molecule has 4 heterocycles. The average Bonchev–Trinajstić information content (AvgIpc) is 0.906. The molecule has 1 amide bonds. The van der Waals surface area contributed by atoms with Crippen molar-refractivity contribution >= 4 is 5.91 Å². The van der Waals surface area contributed by atoms with Crippen molar-refractivity contribution in [1.29, 1.82) is 0 Å². The number of nitrogens with one attached hydrogen (secondary N) is 1. The van der Waals surface area contributed by atoms with E-state index in [4.69, 9.17) is 37.9 Å². The van der Waals surface area contributed by atoms with E-state index in [1.807, 2.05) is 6.08 Å². The van der Waals surface area contributed by atoms with Gasteiger partial charge in [-0.2, -0.15) is 0 Å². The summed E-state index contributed by atoms with van der Waals surface area (Å²) in [5, 5.41) is 144. The molecule has 0 aromatic carbocycles. The van der Waals surface area contributed by atoms with Crippen molar-refractivity contribution < 1.29 is 109 Å². The van der Waals surface area contributed by atoms with E-state index in [0.717, 1.165) is 44.9 Å². The zero-order chi connectivity index (χ0) is 64.1. The number of hydrogen-bond acceptors (Lipinski definition) is 22. The number of ether oxygens (including phenoxy) is 8. The van der Waals surface area contributed by atoms with Crippen molar-refractivity contribution in [3.8, 4) is 0 Å². The van der Waals surface area contributed by atoms with E-state index in [9.17, 15) is 71.2 Å². The normalized spacial score (nSPS) is 32.8. The van der Waals surface area contributed by atoms with Crippen LogP contribution in [0.1, 0.15) is 232 Å². The zero-order valence-electron chi connectivity index (χ0n) is 53.3. The minimum absolute atomic E-state index is 0.211. The van der Waals surface area contributed by atoms with Crippen molar-refractivity contribution in [2.75, 3.05) is 33.0 Å². The maximum Gasteiger partial charge on any atom is 0.220 e. The summed E-state index contributed by atoms with van der Waals surface area (Å²) in [6, 6.07) is -1.03. The number of aliphatic hydroxyl groups excluding tert-OH is 13. The van der Waals surface area contributed by atoms with Gasteiger partial charge in [0.15, 0.2) is 25.2 Å². The highest BCUT2D eigenvalue weighted by molar-refractivity contribution is 5.76. The molecule has 0 aromatic rings. The van der Waals surface area contributed by atoms with Crippen LogP contribution in [-0.2, 0) is 42.7 Å². The molecule has 0 aromatic heterocycles. The number of allylic oxidation sites excluding steroid dienone is 1. The number of rotatable bonds is 49. The lowest BCUT2D eigenvalue weighted by Gasteiger charge is -2.50. The SMILES string of the molecule is CCCCCCCCCCCCC/C=C/C(O)C(COC1OC(CO)C(OC2OC(CO)C(O)C(OC3OC(CO)C(O)C(O)C3O)C2OC2OCC(O)C(O)C2O)C(O)C1O)NC(=O)CCCCCCCCCCCCCCCCCCCCCCC. The maximum absolute atomic E-state index is 13.5. The Bertz CT molecular complexity index is 1760. The van der Waals surface area contributed by atoms with E-state index in [1.165, 1.54) is 154 Å². The molecule has 21 atom stereocenters. The summed E-state index contributed by atoms with van der Waals surface area (Å²) >= 11 is 0. The molecule has 23 nitrogen and oxygen atoms in total. The molecule has 14 N–H and O–H groups in total. The molecule has 88 heavy (non-hydrogen) atoms. The van der Waals surface area contributed by atoms with Crippen LogP contribution in [0.3, 0.4) is 0 Å². The quantitative estimate of drug-likeness (QED) is 0.0292. The molecular formula is C65H121NO22. The molecule has 0 saturated carbocycles. The third-order valence-corrected chi connectivity index (χ3v) is 17.8. The van der Waals surface area contributed by atoms with Gasteiger partial charge >= 0.3 is 0 Å². The Labute approximate surface area is 524 Å². The Morgan fingerprint density at radius 3 is 1.35 bits per heavy atom. The van der Waals surface area contributed by atoms with Gasteiger partial charge in [-0.3, -0.25) is 4.79 Å². The van der Waals surface area contributed by atoms with E-state index >= 15 is 0 Å². The van der Waals surface area contributed by atoms with Crippen LogP contribution in [0.2, 0.25) is 0 Å². The van der Waals surface area contributed by atoms with Crippen molar-refractivity contribution in [2.45, 2.75) is 361 Å². The van der Waals surface area contributed by atoms with Crippen LogP contribution < -0.4 is 5.32 Å². The van der Waals surface area contributed by atoms with Gasteiger partial charge in [0.25, 0.3) is 0 Å². The summed E-state index contributed by atoms with van der Waals surface area (Å²) in [6.07, 6.45) is 8.03. The minimum Gasteiger partial charge on any atom is -0.394 e. The first kappa shape index (κ1) is 78.8. The molecular weight excluding hydrogens is 1150 g/mol. The first-order valence-electron chi connectivity index (χ1n) is 34.4. The second kappa shape index (κ2) is 46.5. The largest absolute Gasteiger partial charge is 0.394 e. The van der Waals surface area contributed by atoms with E-state index in [0.29, 0.717) is 12.8 Å². The topological polar surface area (TPSA) is 366 Å². The molecule has 4 saturated heterocycles. The van der Waals surface area contributed by atoms with Gasteiger partial charge in [-0.25, -0.2) is 0 Å². The molecule has 518 valence electrons. The van der Waals surface area contributed by atoms with Crippen molar-refractivity contribution in [3.05, 3.63) is 12.2 Å². The molecule has 0 aliphatic carbocycles. The maximum atomic E-state index is 13.5. The fourth-order valence-corrected chi connectivity index (χ4v) is 12.1. The number of unbranched alkanes of at least 4 members (excludes halogenated alkanes) is 31. The fourth-order valence-electron chi connectivity index (χ4n) is 12.1. The summed E-state index contributed by atoms with van der Waals surface area (Å²) in [5.74, 6) is -0.308. The fraction of sp³-hybridized carbons (Fsp3) is 0.954. The van der Waals surface area contributed by atoms with Crippen LogP contribution in [0, 0.1) is 0 Å². The third-order valence-electron chi connectivity index (χ3n) is 17.8. The van der Waals surface area contributed by atoms with E-state index in [2.05, 4.69) is 19.2 Å². The highest BCUT2D eigenvalue weighted by atomic mass is 16.8. The molecule has 0 bridgehead atoms. The third kappa shape index (κ3) is 28.1. The van der Waals surface area contributed by atoms with Crippen molar-refractivity contribution in [2.24, 2.45) is 0 Å². The van der Waals surface area contributed by atoms with Crippen LogP contribution in [0.15, 0.2) is 12.2 Å². The number of aliphatic hydroxyl groups is 13. The van der Waals surface area contributed by atoms with Crippen LogP contribution in [0.5, 0.6) is 0 Å². The lowest BCUT2D eigenvalue weighted by atomic mass is 9.95. The van der Waals surface area contributed by atoms with E-state index < -0.39 is 162 Å². The first-order chi connectivity index (χ1) is 42.6. The monoisotopic (exact) mass is 1270 g/mol. The van der Waals surface area contributed by atoms with Gasteiger partial charge < -0.3 is 110 Å². The highest BCUT2D eigenvalue weighted by Gasteiger charge is 2.56. The van der Waals surface area contributed by atoms with Gasteiger partial charge in [0.05, 0.1) is 45.2 Å². The Hall–Kier alpha value is -1.63. The van der Waals surface area contributed by atoms with Crippen LogP contribution in [0.4, 0.5) is 0 Å². The van der Waals surface area contributed by atoms with Gasteiger partial charge in [-0.1, -0.05) is 219 Å². The first-order valence-corrected chi connectivity index (χ1v) is 34.4. The van der Waals surface area contributed by atoms with Gasteiger partial charge in [0.1, 0.15) is 91.6 Å². The van der Waals surface area contributed by atoms with Crippen LogP contribution >= 0.6 is 0 Å². The standard InChI is InChI=1S/C65H121NO22/c1-3-5-7-9-11-13-15-17-18-19-20-21-22-23-24-26-28-30-32-34-36-38-50(72)66-44(45(70)37-35-33-31-29-27-25-16-14-12-10-8-6-4-2)42-81-62-58(80)55(77)59(49(41-69)85-62)86-65-61(88-63-56(78)51(73)46(71)43-82-63)60(53(75)48(40-68)84-65)87-64-57(79)54(76)52(74)47(39-67)83-64/h35,37,44-49,51-65,67-71,73-80H,3-34,36,38-43H2,1-2H3,(H,66,72)/b37-35+. The predicted molar refractivity (Wildman–Crippen MR) is 327 cm³/mol. The molecule has 0 radical (unpaired) electrons. The summed E-state index contributed by atoms with van der Waals surface area (Å²) in [4.78, 5) is 13.5. The molecule has 4 aliphatic heterocycles. The smallest absolute Gasteiger partial charge is 0.220 e. The van der Waals surface area contributed by atoms with Gasteiger partial charge in [-0.05, 0) is 19.3 Å². The zero-order valence-corrected chi connectivity index (χ0v) is 53.3. The molecule has 21 unspecified atom stereocenters. The second-order valence-corrected chi connectivity index (χ2v) is 25.2. The van der Waals surface area contributed by atoms with Gasteiger partial charge in [0.2, 0.25) is 5.91 Å². The molecule has 0 spiro atoms. The van der Waals surface area contributed by atoms with Crippen LogP contribution in [-0.4, -0.2) is 234 Å². The van der Waals surface area contributed by atoms with Crippen molar-refractivity contribution in [3.63, 3.8) is 0 Å². The lowest BCUT2D eigenvalue weighted by Crippen LogP contribution is -2.68. The average molecular weight is 1270 g/mol. The Balaban J connectivity index is 1.34. The van der Waals surface area contributed by atoms with E-state index in [-0.39, 0.29) is 12.3 Å². The summed E-state index contributed by atoms with van der Waals surface area (Å²) in [6.45, 7) is 0.840. The van der Waals surface area contributed by atoms with Gasteiger partial charge in [-0.15, -0.1) is 0 Å². The van der Waals surface area contributed by atoms with Crippen molar-refractivity contribution in [1.82, 2.24) is 5.32 Å². The highest BCUT2D eigenvalue weighted by Crippen LogP contribution is 2.36. The van der Waals surface area contributed by atoms with Crippen LogP contribution in [0.25, 0.3) is 0 Å². The van der Waals surface area contributed by atoms with Gasteiger partial charge in [0, 0.05) is 6.42 Å². The molecule has 4 rings (SSSR count). The minimum atomic E-state index is -2.02. The summed E-state index contributed by atoms with van der Waals surface area (Å²) < 4.78 is 47.0. The Kier molecular flexibility index (Phi) is 41.6. The Morgan fingerprint density at radius 1 is 0.443 bits per heavy atom.